The number of pyridine rings is 1. The van der Waals surface area contributed by atoms with Crippen LogP contribution in [-0.2, 0) is 12.8 Å². The summed E-state index contributed by atoms with van der Waals surface area (Å²) in [6.45, 7) is 5.01. The van der Waals surface area contributed by atoms with Crippen molar-refractivity contribution in [2.45, 2.75) is 32.7 Å². The molecule has 168 valence electrons. The van der Waals surface area contributed by atoms with Crippen molar-refractivity contribution in [2.75, 3.05) is 11.9 Å². The van der Waals surface area contributed by atoms with E-state index in [0.29, 0.717) is 18.3 Å². The Bertz CT molecular complexity index is 1380. The molecule has 0 fully saturated rings. The minimum atomic E-state index is -0.0576. The predicted octanol–water partition coefficient (Wildman–Crippen LogP) is 5.55. The zero-order valence-electron chi connectivity index (χ0n) is 19.0. The van der Waals surface area contributed by atoms with Crippen molar-refractivity contribution in [3.63, 3.8) is 0 Å². The molecule has 6 heteroatoms. The second kappa shape index (κ2) is 9.08. The summed E-state index contributed by atoms with van der Waals surface area (Å²) >= 11 is 0. The van der Waals surface area contributed by atoms with Gasteiger partial charge in [-0.2, -0.15) is 0 Å². The van der Waals surface area contributed by atoms with Crippen LogP contribution in [0.4, 0.5) is 5.88 Å². The molecule has 5 rings (SSSR count). The number of aromatic amines is 1. The summed E-state index contributed by atoms with van der Waals surface area (Å²) in [5.41, 5.74) is 11.9. The molecule has 6 nitrogen and oxygen atoms in total. The van der Waals surface area contributed by atoms with Gasteiger partial charge in [-0.15, -0.1) is 0 Å². The average molecular weight is 440 g/mol. The standard InChI is InChI=1S/C27H29N5O/c1-17(2)11-24-26(19-7-8-20-14-29-10-9-18(20)12-19)32-33-27(24)31-16-22(28)13-21-15-30-25-6-4-3-5-23(21)25/h3-10,12,14-15,17,22,30-31H,11,13,16,28H2,1-2H3/t22-/m0/s1. The van der Waals surface area contributed by atoms with Gasteiger partial charge in [-0.3, -0.25) is 4.98 Å². The van der Waals surface area contributed by atoms with Crippen molar-refractivity contribution in [1.82, 2.24) is 15.1 Å². The fourth-order valence-electron chi connectivity index (χ4n) is 4.38. The molecule has 1 atom stereocenters. The van der Waals surface area contributed by atoms with Gasteiger partial charge in [0, 0.05) is 58.6 Å². The Kier molecular flexibility index (Phi) is 5.84. The Morgan fingerprint density at radius 1 is 1.06 bits per heavy atom. The number of hydrogen-bond donors (Lipinski definition) is 3. The Labute approximate surface area is 193 Å². The van der Waals surface area contributed by atoms with Crippen LogP contribution in [0.15, 0.2) is 71.6 Å². The van der Waals surface area contributed by atoms with Crippen molar-refractivity contribution in [3.05, 3.63) is 78.2 Å². The van der Waals surface area contributed by atoms with Crippen LogP contribution >= 0.6 is 0 Å². The fourth-order valence-corrected chi connectivity index (χ4v) is 4.38. The largest absolute Gasteiger partial charge is 0.361 e. The van der Waals surface area contributed by atoms with E-state index in [0.717, 1.165) is 46.0 Å². The first-order valence-corrected chi connectivity index (χ1v) is 11.5. The van der Waals surface area contributed by atoms with Gasteiger partial charge in [-0.05, 0) is 47.9 Å². The third kappa shape index (κ3) is 4.47. The highest BCUT2D eigenvalue weighted by Gasteiger charge is 2.20. The molecule has 2 aromatic carbocycles. The van der Waals surface area contributed by atoms with Crippen molar-refractivity contribution < 1.29 is 4.52 Å². The molecule has 3 heterocycles. The van der Waals surface area contributed by atoms with Gasteiger partial charge < -0.3 is 20.6 Å². The number of para-hydroxylation sites is 1. The first kappa shape index (κ1) is 21.2. The number of hydrogen-bond acceptors (Lipinski definition) is 5. The van der Waals surface area contributed by atoms with Gasteiger partial charge in [0.05, 0.1) is 0 Å². The lowest BCUT2D eigenvalue weighted by atomic mass is 9.98. The van der Waals surface area contributed by atoms with Gasteiger partial charge in [0.25, 0.3) is 0 Å². The van der Waals surface area contributed by atoms with Gasteiger partial charge in [-0.25, -0.2) is 0 Å². The molecule has 0 aliphatic heterocycles. The Balaban J connectivity index is 1.35. The van der Waals surface area contributed by atoms with Crippen LogP contribution in [0.3, 0.4) is 0 Å². The summed E-state index contributed by atoms with van der Waals surface area (Å²) < 4.78 is 5.78. The molecular formula is C27H29N5O. The number of nitrogens with one attached hydrogen (secondary N) is 2. The van der Waals surface area contributed by atoms with E-state index in [1.165, 1.54) is 10.9 Å². The molecule has 0 aliphatic carbocycles. The van der Waals surface area contributed by atoms with Gasteiger partial charge in [-0.1, -0.05) is 49.3 Å². The molecule has 0 saturated carbocycles. The molecule has 0 radical (unpaired) electrons. The molecule has 0 unspecified atom stereocenters. The lowest BCUT2D eigenvalue weighted by Gasteiger charge is -2.13. The maximum absolute atomic E-state index is 6.49. The summed E-state index contributed by atoms with van der Waals surface area (Å²) in [7, 11) is 0. The number of nitrogens with two attached hydrogens (primary N) is 1. The molecule has 0 amide bonds. The minimum absolute atomic E-state index is 0.0576. The van der Waals surface area contributed by atoms with Crippen LogP contribution in [0, 0.1) is 5.92 Å². The predicted molar refractivity (Wildman–Crippen MR) is 134 cm³/mol. The van der Waals surface area contributed by atoms with E-state index in [4.69, 9.17) is 10.3 Å². The third-order valence-electron chi connectivity index (χ3n) is 6.00. The second-order valence-electron chi connectivity index (χ2n) is 9.08. The van der Waals surface area contributed by atoms with Crippen LogP contribution < -0.4 is 11.1 Å². The molecular weight excluding hydrogens is 410 g/mol. The van der Waals surface area contributed by atoms with E-state index in [2.05, 4.69) is 76.9 Å². The van der Waals surface area contributed by atoms with E-state index in [1.807, 2.05) is 24.5 Å². The highest BCUT2D eigenvalue weighted by molar-refractivity contribution is 5.87. The quantitative estimate of drug-likeness (QED) is 0.295. The summed E-state index contributed by atoms with van der Waals surface area (Å²) in [6.07, 6.45) is 7.38. The SMILES string of the molecule is CC(C)Cc1c(-c2ccc3cnccc3c2)noc1NC[C@@H](N)Cc1c[nH]c2ccccc12. The zero-order chi connectivity index (χ0) is 22.8. The van der Waals surface area contributed by atoms with Crippen LogP contribution in [0.2, 0.25) is 0 Å². The van der Waals surface area contributed by atoms with Crippen molar-refractivity contribution in [2.24, 2.45) is 11.7 Å². The Morgan fingerprint density at radius 3 is 2.82 bits per heavy atom. The topological polar surface area (TPSA) is 92.8 Å². The minimum Gasteiger partial charge on any atom is -0.361 e. The van der Waals surface area contributed by atoms with E-state index >= 15 is 0 Å². The van der Waals surface area contributed by atoms with E-state index < -0.39 is 0 Å². The molecule has 4 N–H and O–H groups in total. The lowest BCUT2D eigenvalue weighted by molar-refractivity contribution is 0.432. The van der Waals surface area contributed by atoms with Crippen molar-refractivity contribution in [1.29, 1.82) is 0 Å². The van der Waals surface area contributed by atoms with Crippen molar-refractivity contribution in [3.8, 4) is 11.3 Å². The monoisotopic (exact) mass is 439 g/mol. The first-order valence-electron chi connectivity index (χ1n) is 11.5. The van der Waals surface area contributed by atoms with E-state index in [1.54, 1.807) is 0 Å². The van der Waals surface area contributed by atoms with Crippen LogP contribution in [0.25, 0.3) is 32.9 Å². The lowest BCUT2D eigenvalue weighted by Crippen LogP contribution is -2.31. The van der Waals surface area contributed by atoms with Gasteiger partial charge in [0.1, 0.15) is 5.69 Å². The highest BCUT2D eigenvalue weighted by Crippen LogP contribution is 2.32. The van der Waals surface area contributed by atoms with Crippen LogP contribution in [0.1, 0.15) is 25.0 Å². The summed E-state index contributed by atoms with van der Waals surface area (Å²) in [6, 6.07) is 16.6. The Morgan fingerprint density at radius 2 is 1.94 bits per heavy atom. The number of fused-ring (bicyclic) bond motifs is 2. The van der Waals surface area contributed by atoms with Crippen LogP contribution in [-0.4, -0.2) is 27.7 Å². The number of aromatic nitrogens is 3. The average Bonchev–Trinajstić information content (AvgIpc) is 3.41. The van der Waals surface area contributed by atoms with E-state index in [9.17, 15) is 0 Å². The maximum atomic E-state index is 6.49. The number of nitrogens with zero attached hydrogens (tertiary/aromatic N) is 2. The molecule has 0 bridgehead atoms. The number of benzene rings is 2. The summed E-state index contributed by atoms with van der Waals surface area (Å²) in [5, 5.41) is 11.3. The summed E-state index contributed by atoms with van der Waals surface area (Å²) in [4.78, 5) is 7.53. The van der Waals surface area contributed by atoms with Crippen LogP contribution in [0.5, 0.6) is 0 Å². The molecule has 0 spiro atoms. The maximum Gasteiger partial charge on any atom is 0.228 e. The zero-order valence-corrected chi connectivity index (χ0v) is 19.0. The Hall–Kier alpha value is -3.64. The van der Waals surface area contributed by atoms with Gasteiger partial charge >= 0.3 is 0 Å². The fraction of sp³-hybridized carbons (Fsp3) is 0.259. The molecule has 0 aliphatic rings. The second-order valence-corrected chi connectivity index (χ2v) is 9.08. The van der Waals surface area contributed by atoms with Gasteiger partial charge in [0.2, 0.25) is 5.88 Å². The number of H-pyrrole nitrogens is 1. The molecule has 33 heavy (non-hydrogen) atoms. The number of rotatable bonds is 8. The first-order chi connectivity index (χ1) is 16.1. The normalized spacial score (nSPS) is 12.6. The molecule has 5 aromatic rings. The van der Waals surface area contributed by atoms with E-state index in [-0.39, 0.29) is 6.04 Å². The third-order valence-corrected chi connectivity index (χ3v) is 6.00. The molecule has 3 aromatic heterocycles. The molecule has 0 saturated heterocycles. The smallest absolute Gasteiger partial charge is 0.228 e. The summed E-state index contributed by atoms with van der Waals surface area (Å²) in [5.74, 6) is 1.18. The van der Waals surface area contributed by atoms with Gasteiger partial charge in [0.15, 0.2) is 0 Å². The van der Waals surface area contributed by atoms with Crippen molar-refractivity contribution >= 4 is 27.6 Å². The number of anilines is 1. The highest BCUT2D eigenvalue weighted by atomic mass is 16.5.